The predicted molar refractivity (Wildman–Crippen MR) is 231 cm³/mol. The minimum Gasteiger partial charge on any atom is -0.493 e. The number of esters is 2. The van der Waals surface area contributed by atoms with Crippen molar-refractivity contribution in [2.24, 2.45) is 17.8 Å². The minimum atomic E-state index is -0.432. The van der Waals surface area contributed by atoms with Gasteiger partial charge < -0.3 is 24.4 Å². The zero-order chi connectivity index (χ0) is 42.0. The van der Waals surface area contributed by atoms with Gasteiger partial charge in [0, 0.05) is 36.2 Å². The van der Waals surface area contributed by atoms with Crippen LogP contribution in [0.3, 0.4) is 0 Å². The molecule has 4 rings (SSSR count). The predicted octanol–water partition coefficient (Wildman–Crippen LogP) is 11.0. The number of carbonyl (C=O) groups is 2. The Balaban J connectivity index is 1.61. The number of unbranched alkanes of at least 4 members (excludes halogenated alkanes) is 2. The number of hydrogen-bond donors (Lipinski definition) is 2. The second kappa shape index (κ2) is 24.2. The maximum Gasteiger partial charge on any atom is 0.333 e. The van der Waals surface area contributed by atoms with Gasteiger partial charge in [-0.3, -0.25) is 0 Å². The molecule has 0 saturated heterocycles. The summed E-state index contributed by atoms with van der Waals surface area (Å²) in [6.45, 7) is 15.4. The second-order valence-corrected chi connectivity index (χ2v) is 16.5. The zero-order valence-corrected chi connectivity index (χ0v) is 35.7. The van der Waals surface area contributed by atoms with Crippen LogP contribution >= 0.6 is 0 Å². The SMILES string of the molecule is C=C(C)C(=O)OCCCc1cc(-c2ccc(C3CC=C(C4CCC(CCCCC)CC4)C=C3F)cc2CC)cc(CCCOC(=O)C(=C)C)c1OCCC(CO)CO. The first kappa shape index (κ1) is 46.7. The summed E-state index contributed by atoms with van der Waals surface area (Å²) in [7, 11) is 0. The fourth-order valence-electron chi connectivity index (χ4n) is 8.27. The molecule has 2 aromatic carbocycles. The van der Waals surface area contributed by atoms with Crippen molar-refractivity contribution in [3.8, 4) is 16.9 Å². The summed E-state index contributed by atoms with van der Waals surface area (Å²) in [5.74, 6) is 0.466. The Morgan fingerprint density at radius 2 is 1.45 bits per heavy atom. The van der Waals surface area contributed by atoms with Crippen LogP contribution in [0.1, 0.15) is 133 Å². The Hall–Kier alpha value is -4.01. The van der Waals surface area contributed by atoms with Gasteiger partial charge in [0.15, 0.2) is 0 Å². The van der Waals surface area contributed by atoms with Gasteiger partial charge in [-0.15, -0.1) is 0 Å². The largest absolute Gasteiger partial charge is 0.493 e. The molecule has 1 unspecified atom stereocenters. The van der Waals surface area contributed by atoms with Crippen molar-refractivity contribution in [3.05, 3.63) is 100 Å². The number of rotatable bonds is 24. The number of aryl methyl sites for hydroxylation is 3. The van der Waals surface area contributed by atoms with Crippen molar-refractivity contribution in [1.29, 1.82) is 0 Å². The smallest absolute Gasteiger partial charge is 0.333 e. The molecule has 0 aliphatic heterocycles. The lowest BCUT2D eigenvalue weighted by molar-refractivity contribution is -0.139. The molecule has 8 heteroatoms. The van der Waals surface area contributed by atoms with Gasteiger partial charge in [0.05, 0.1) is 19.8 Å². The van der Waals surface area contributed by atoms with E-state index in [4.69, 9.17) is 14.2 Å². The van der Waals surface area contributed by atoms with E-state index in [1.54, 1.807) is 13.8 Å². The van der Waals surface area contributed by atoms with Crippen molar-refractivity contribution in [1.82, 2.24) is 0 Å². The van der Waals surface area contributed by atoms with Crippen LogP contribution in [0.15, 0.2) is 78.2 Å². The van der Waals surface area contributed by atoms with E-state index < -0.39 is 11.9 Å². The van der Waals surface area contributed by atoms with E-state index in [0.717, 1.165) is 58.6 Å². The molecule has 0 heterocycles. The van der Waals surface area contributed by atoms with Crippen LogP contribution in [0, 0.1) is 17.8 Å². The number of aliphatic hydroxyl groups is 2. The number of ether oxygens (including phenoxy) is 3. The van der Waals surface area contributed by atoms with Gasteiger partial charge in [-0.1, -0.05) is 77.0 Å². The minimum absolute atomic E-state index is 0.0484. The molecule has 2 aliphatic rings. The standard InChI is InChI=1S/C50H69FO7/c1-7-9-10-13-36-16-18-39(19-17-36)40-20-23-46(47(51)31-40)41-21-22-45(38(8-2)28-41)44-29-42(14-11-25-57-49(54)34(3)4)48(56-27-24-37(32-52)33-53)43(30-44)15-12-26-58-50(55)35(5)6/h20-22,28-31,36-37,39,46,52-53H,3,5,7-19,23-27,32-33H2,1-2,4,6H3. The monoisotopic (exact) mass is 801 g/mol. The lowest BCUT2D eigenvalue weighted by Gasteiger charge is -2.31. The van der Waals surface area contributed by atoms with Gasteiger partial charge in [-0.2, -0.15) is 0 Å². The molecule has 7 nitrogen and oxygen atoms in total. The summed E-state index contributed by atoms with van der Waals surface area (Å²) in [6.07, 6.45) is 18.3. The molecule has 1 fully saturated rings. The van der Waals surface area contributed by atoms with Gasteiger partial charge in [0.25, 0.3) is 0 Å². The van der Waals surface area contributed by atoms with Crippen molar-refractivity contribution < 1.29 is 38.4 Å². The molecule has 0 bridgehead atoms. The summed E-state index contributed by atoms with van der Waals surface area (Å²) in [5, 5.41) is 19.4. The van der Waals surface area contributed by atoms with Crippen LogP contribution in [-0.2, 0) is 38.3 Å². The van der Waals surface area contributed by atoms with Crippen LogP contribution in [0.25, 0.3) is 11.1 Å². The van der Waals surface area contributed by atoms with Crippen LogP contribution < -0.4 is 4.74 Å². The first-order valence-electron chi connectivity index (χ1n) is 21.8. The van der Waals surface area contributed by atoms with Crippen molar-refractivity contribution in [3.63, 3.8) is 0 Å². The Morgan fingerprint density at radius 1 is 0.828 bits per heavy atom. The molecule has 1 atom stereocenters. The number of aliphatic hydroxyl groups excluding tert-OH is 2. The first-order valence-corrected chi connectivity index (χ1v) is 21.8. The first-order chi connectivity index (χ1) is 28.0. The molecular formula is C50H69FO7. The van der Waals surface area contributed by atoms with Gasteiger partial charge in [-0.05, 0) is 153 Å². The quantitative estimate of drug-likeness (QED) is 0.0619. The van der Waals surface area contributed by atoms with Gasteiger partial charge in [0.1, 0.15) is 11.6 Å². The molecular weight excluding hydrogens is 732 g/mol. The summed E-state index contributed by atoms with van der Waals surface area (Å²) < 4.78 is 33.3. The number of halogens is 1. The lowest BCUT2D eigenvalue weighted by Crippen LogP contribution is -2.17. The molecule has 1 saturated carbocycles. The van der Waals surface area contributed by atoms with E-state index in [-0.39, 0.29) is 50.7 Å². The summed E-state index contributed by atoms with van der Waals surface area (Å²) in [5.41, 5.74) is 7.87. The maximum atomic E-state index is 16.0. The third-order valence-corrected chi connectivity index (χ3v) is 11.9. The number of hydrogen-bond acceptors (Lipinski definition) is 7. The molecule has 2 aromatic rings. The van der Waals surface area contributed by atoms with Gasteiger partial charge in [0.2, 0.25) is 0 Å². The highest BCUT2D eigenvalue weighted by atomic mass is 19.1. The normalized spacial score (nSPS) is 18.0. The zero-order valence-electron chi connectivity index (χ0n) is 35.7. The summed E-state index contributed by atoms with van der Waals surface area (Å²) in [4.78, 5) is 24.2. The Labute approximate surface area is 347 Å². The maximum absolute atomic E-state index is 16.0. The molecule has 318 valence electrons. The summed E-state index contributed by atoms with van der Waals surface area (Å²) >= 11 is 0. The van der Waals surface area contributed by atoms with E-state index >= 15 is 4.39 Å². The number of carbonyl (C=O) groups excluding carboxylic acids is 2. The average Bonchev–Trinajstić information content (AvgIpc) is 3.22. The molecule has 0 spiro atoms. The molecule has 2 N–H and O–H groups in total. The van der Waals surface area contributed by atoms with Gasteiger partial charge in [-0.25, -0.2) is 14.0 Å². The van der Waals surface area contributed by atoms with E-state index in [1.165, 1.54) is 44.1 Å². The van der Waals surface area contributed by atoms with E-state index in [1.807, 2.05) is 6.08 Å². The second-order valence-electron chi connectivity index (χ2n) is 16.5. The Morgan fingerprint density at radius 3 is 1.98 bits per heavy atom. The van der Waals surface area contributed by atoms with E-state index in [9.17, 15) is 19.8 Å². The molecule has 0 amide bonds. The van der Waals surface area contributed by atoms with Crippen LogP contribution in [-0.4, -0.2) is 55.2 Å². The fraction of sp³-hybridized carbons (Fsp3) is 0.560. The lowest BCUT2D eigenvalue weighted by atomic mass is 9.74. The van der Waals surface area contributed by atoms with Crippen molar-refractivity contribution in [2.75, 3.05) is 33.0 Å². The van der Waals surface area contributed by atoms with Crippen molar-refractivity contribution >= 4 is 11.9 Å². The highest BCUT2D eigenvalue weighted by Gasteiger charge is 2.28. The molecule has 0 aromatic heterocycles. The van der Waals surface area contributed by atoms with E-state index in [2.05, 4.69) is 63.4 Å². The molecule has 58 heavy (non-hydrogen) atoms. The summed E-state index contributed by atoms with van der Waals surface area (Å²) in [6, 6.07) is 10.6. The highest BCUT2D eigenvalue weighted by molar-refractivity contribution is 5.87. The molecule has 0 radical (unpaired) electrons. The van der Waals surface area contributed by atoms with Crippen LogP contribution in [0.5, 0.6) is 5.75 Å². The third kappa shape index (κ3) is 13.8. The van der Waals surface area contributed by atoms with Crippen LogP contribution in [0.4, 0.5) is 4.39 Å². The molecule has 2 aliphatic carbocycles. The Kier molecular flexibility index (Phi) is 19.4. The fourth-order valence-corrected chi connectivity index (χ4v) is 8.27. The van der Waals surface area contributed by atoms with Gasteiger partial charge >= 0.3 is 11.9 Å². The van der Waals surface area contributed by atoms with Crippen molar-refractivity contribution in [2.45, 2.75) is 130 Å². The third-order valence-electron chi connectivity index (χ3n) is 11.9. The Bertz CT molecular complexity index is 1690. The number of allylic oxidation sites excluding steroid dienone is 4. The average molecular weight is 801 g/mol. The number of benzene rings is 2. The van der Waals surface area contributed by atoms with E-state index in [0.29, 0.717) is 61.3 Å². The topological polar surface area (TPSA) is 102 Å². The van der Waals surface area contributed by atoms with Crippen LogP contribution in [0.2, 0.25) is 0 Å². The highest BCUT2D eigenvalue weighted by Crippen LogP contribution is 2.43.